The Morgan fingerprint density at radius 2 is 1.30 bits per heavy atom. The van der Waals surface area contributed by atoms with E-state index in [-0.39, 0.29) is 31.6 Å². The summed E-state index contributed by atoms with van der Waals surface area (Å²) >= 11 is 0. The lowest BCUT2D eigenvalue weighted by Gasteiger charge is -2.44. The van der Waals surface area contributed by atoms with E-state index in [2.05, 4.69) is 16.8 Å². The summed E-state index contributed by atoms with van der Waals surface area (Å²) in [6.07, 6.45) is -7.02. The normalized spacial score (nSPS) is 22.1. The van der Waals surface area contributed by atoms with Crippen molar-refractivity contribution in [1.29, 1.82) is 0 Å². The zero-order valence-electron chi connectivity index (χ0n) is 39.1. The first-order valence-electron chi connectivity index (χ1n) is 22.2. The van der Waals surface area contributed by atoms with Gasteiger partial charge in [-0.2, -0.15) is 0 Å². The number of carbonyl (C=O) groups is 4. The topological polar surface area (TPSA) is 236 Å². The second kappa shape index (κ2) is 24.0. The first kappa shape index (κ1) is 51.6. The molecule has 2 aliphatic rings. The molecular weight excluding hydrogens is 901 g/mol. The molecule has 0 radical (unpaired) electrons. The molecule has 19 nitrogen and oxygen atoms in total. The molecule has 69 heavy (non-hydrogen) atoms. The van der Waals surface area contributed by atoms with Gasteiger partial charge in [-0.1, -0.05) is 66.4 Å². The molecule has 4 aromatic rings. The van der Waals surface area contributed by atoms with Gasteiger partial charge in [-0.15, -0.1) is 0 Å². The van der Waals surface area contributed by atoms with Crippen molar-refractivity contribution in [1.82, 2.24) is 9.55 Å². The number of nitrogens with one attached hydrogen (secondary N) is 1. The van der Waals surface area contributed by atoms with Gasteiger partial charge in [0.05, 0.1) is 26.9 Å². The Hall–Kier alpha value is -6.82. The number of unbranched alkanes of at least 4 members (excludes halogenated alkanes) is 2. The summed E-state index contributed by atoms with van der Waals surface area (Å²) in [6, 6.07) is 24.6. The minimum atomic E-state index is -1.37. The van der Waals surface area contributed by atoms with Gasteiger partial charge < -0.3 is 52.5 Å². The molecule has 0 amide bonds. The first-order valence-corrected chi connectivity index (χ1v) is 22.2. The van der Waals surface area contributed by atoms with Crippen LogP contribution in [0.4, 0.5) is 0 Å². The summed E-state index contributed by atoms with van der Waals surface area (Å²) in [4.78, 5) is 76.3. The van der Waals surface area contributed by atoms with Gasteiger partial charge in [0.15, 0.2) is 24.6 Å². The molecule has 0 spiro atoms. The number of esters is 4. The molecule has 368 valence electrons. The Balaban J connectivity index is 1.12. The van der Waals surface area contributed by atoms with E-state index in [1.165, 1.54) is 17.7 Å². The van der Waals surface area contributed by atoms with Crippen LogP contribution in [0.2, 0.25) is 0 Å². The fourth-order valence-corrected chi connectivity index (χ4v) is 8.10. The molecule has 3 heterocycles. The van der Waals surface area contributed by atoms with Crippen LogP contribution in [-0.2, 0) is 62.7 Å². The number of aromatic amines is 1. The fraction of sp³-hybridized carbons (Fsp3) is 0.440. The second-order valence-corrected chi connectivity index (χ2v) is 16.2. The van der Waals surface area contributed by atoms with Gasteiger partial charge in [0.1, 0.15) is 47.7 Å². The molecule has 6 rings (SSSR count). The molecule has 0 bridgehead atoms. The molecule has 3 aromatic carbocycles. The smallest absolute Gasteiger partial charge is 0.330 e. The van der Waals surface area contributed by atoms with Crippen LogP contribution in [-0.4, -0.2) is 115 Å². The van der Waals surface area contributed by atoms with Crippen molar-refractivity contribution >= 4 is 23.9 Å². The first-order chi connectivity index (χ1) is 33.1. The third-order valence-electron chi connectivity index (χ3n) is 11.3. The Kier molecular flexibility index (Phi) is 17.9. The summed E-state index contributed by atoms with van der Waals surface area (Å²) in [7, 11) is 3.17. The lowest BCUT2D eigenvalue weighted by atomic mass is 9.80. The van der Waals surface area contributed by atoms with Gasteiger partial charge in [0.2, 0.25) is 0 Å². The van der Waals surface area contributed by atoms with Crippen LogP contribution in [0, 0.1) is 11.8 Å². The molecule has 0 saturated carbocycles. The zero-order valence-corrected chi connectivity index (χ0v) is 39.1. The molecule has 2 fully saturated rings. The van der Waals surface area contributed by atoms with E-state index in [9.17, 15) is 33.9 Å². The van der Waals surface area contributed by atoms with E-state index in [1.807, 2.05) is 78.9 Å². The minimum Gasteiger partial charge on any atom is -0.497 e. The highest BCUT2D eigenvalue weighted by atomic mass is 16.7. The molecule has 19 heteroatoms. The number of aromatic nitrogens is 2. The maximum atomic E-state index is 13.2. The number of aliphatic hydroxyl groups is 1. The quantitative estimate of drug-likeness (QED) is 0.0447. The number of aliphatic hydroxyl groups excluding tert-OH is 1. The summed E-state index contributed by atoms with van der Waals surface area (Å²) in [5, 5.41) is 11.4. The van der Waals surface area contributed by atoms with Gasteiger partial charge in [-0.25, -0.2) is 4.79 Å². The van der Waals surface area contributed by atoms with Gasteiger partial charge in [-0.3, -0.25) is 33.5 Å². The van der Waals surface area contributed by atoms with Crippen LogP contribution in [0.15, 0.2) is 94.6 Å². The number of methoxy groups -OCH3 is 2. The number of ether oxygens (including phenoxy) is 10. The maximum absolute atomic E-state index is 13.2. The molecule has 8 atom stereocenters. The van der Waals surface area contributed by atoms with E-state index in [1.54, 1.807) is 14.2 Å². The van der Waals surface area contributed by atoms with Gasteiger partial charge in [0.25, 0.3) is 5.56 Å². The Bertz CT molecular complexity index is 2520. The van der Waals surface area contributed by atoms with Gasteiger partial charge in [-0.05, 0) is 53.8 Å². The van der Waals surface area contributed by atoms with Crippen molar-refractivity contribution < 1.29 is 71.7 Å². The molecule has 0 unspecified atom stereocenters. The van der Waals surface area contributed by atoms with Gasteiger partial charge >= 0.3 is 29.6 Å². The molecule has 0 aliphatic carbocycles. The average Bonchev–Trinajstić information content (AvgIpc) is 3.70. The highest BCUT2D eigenvalue weighted by Crippen LogP contribution is 2.43. The SMILES string of the molecule is COc1ccc(C(OC[C@H]2O[C@@H](n3cc(C#CCCCCO[C@@H]4O[C@H](COC(C)=O)[C@H](OC(C)=O)[C@H](OC(C)=O)[C@H]4OC(C)=O)c(=O)[nH]c3=O)C[C@@H]2O)(c2ccccc2)c2ccc(OC)cc2)cc1. The number of hydrogen-bond acceptors (Lipinski definition) is 17. The van der Waals surface area contributed by atoms with E-state index in [4.69, 9.17) is 47.4 Å². The highest BCUT2D eigenvalue weighted by Gasteiger charge is 2.53. The number of benzene rings is 3. The lowest BCUT2D eigenvalue weighted by Crippen LogP contribution is -2.63. The standard InChI is InChI=1S/C50H56N2O17/c1-30(53)63-28-42-44(65-31(2)54)45(66-32(3)55)46(67-33(4)56)48(69-42)62-25-13-8-7-10-14-34-27-52(49(59)51-47(34)58)43-26-40(57)41(68-43)29-64-50(35-15-11-9-12-16-35,36-17-21-38(60-5)22-18-36)37-19-23-39(61-6)24-20-37/h9,11-12,15-24,27,40-46,48,57H,7-8,13,25-26,28-29H2,1-6H3,(H,51,58,59)/t40-,41+,42+,43+,44-,45-,46+,48+/m0/s1. The van der Waals surface area contributed by atoms with Gasteiger partial charge in [0, 0.05) is 53.3 Å². The largest absolute Gasteiger partial charge is 0.497 e. The predicted octanol–water partition coefficient (Wildman–Crippen LogP) is 3.83. The number of nitrogens with zero attached hydrogens (tertiary/aromatic N) is 1. The van der Waals surface area contributed by atoms with Crippen molar-refractivity contribution in [3.8, 4) is 23.3 Å². The zero-order chi connectivity index (χ0) is 49.7. The molecule has 2 aliphatic heterocycles. The number of hydrogen-bond donors (Lipinski definition) is 2. The summed E-state index contributed by atoms with van der Waals surface area (Å²) in [5.74, 6) is 4.13. The van der Waals surface area contributed by atoms with E-state index in [0.717, 1.165) is 37.5 Å². The third-order valence-corrected chi connectivity index (χ3v) is 11.3. The summed E-state index contributed by atoms with van der Waals surface area (Å²) < 4.78 is 58.6. The van der Waals surface area contributed by atoms with Crippen LogP contribution >= 0.6 is 0 Å². The van der Waals surface area contributed by atoms with E-state index in [0.29, 0.717) is 24.3 Å². The highest BCUT2D eigenvalue weighted by molar-refractivity contribution is 5.68. The monoisotopic (exact) mass is 956 g/mol. The van der Waals surface area contributed by atoms with Crippen LogP contribution in [0.25, 0.3) is 0 Å². The average molecular weight is 957 g/mol. The van der Waals surface area contributed by atoms with Crippen LogP contribution in [0.1, 0.15) is 81.9 Å². The maximum Gasteiger partial charge on any atom is 0.330 e. The summed E-state index contributed by atoms with van der Waals surface area (Å²) in [5.41, 5.74) is -0.306. The Morgan fingerprint density at radius 3 is 1.88 bits per heavy atom. The van der Waals surface area contributed by atoms with Crippen molar-refractivity contribution in [3.63, 3.8) is 0 Å². The van der Waals surface area contributed by atoms with Crippen LogP contribution in [0.3, 0.4) is 0 Å². The minimum absolute atomic E-state index is 0.00973. The fourth-order valence-electron chi connectivity index (χ4n) is 8.10. The Morgan fingerprint density at radius 1 is 0.725 bits per heavy atom. The molecule has 2 N–H and O–H groups in total. The second-order valence-electron chi connectivity index (χ2n) is 16.2. The van der Waals surface area contributed by atoms with Crippen LogP contribution < -0.4 is 20.7 Å². The number of carbonyl (C=O) groups excluding carboxylic acids is 4. The summed E-state index contributed by atoms with van der Waals surface area (Å²) in [6.45, 7) is 4.08. The Labute approximate surface area is 397 Å². The predicted molar refractivity (Wildman–Crippen MR) is 243 cm³/mol. The van der Waals surface area contributed by atoms with E-state index < -0.39 is 96.5 Å². The van der Waals surface area contributed by atoms with Crippen molar-refractivity contribution in [2.45, 2.75) is 108 Å². The van der Waals surface area contributed by atoms with Crippen molar-refractivity contribution in [2.75, 3.05) is 34.0 Å². The van der Waals surface area contributed by atoms with Crippen LogP contribution in [0.5, 0.6) is 11.5 Å². The molecular formula is C50H56N2O17. The molecule has 1 aromatic heterocycles. The van der Waals surface area contributed by atoms with Crippen molar-refractivity contribution in [3.05, 3.63) is 128 Å². The molecule has 2 saturated heterocycles. The van der Waals surface area contributed by atoms with Crippen molar-refractivity contribution in [2.24, 2.45) is 0 Å². The number of rotatable bonds is 19. The lowest BCUT2D eigenvalue weighted by molar-refractivity contribution is -0.308. The third kappa shape index (κ3) is 13.0. The van der Waals surface area contributed by atoms with E-state index >= 15 is 0 Å². The number of H-pyrrole nitrogens is 1.